The highest BCUT2D eigenvalue weighted by atomic mass is 16.5. The molecule has 0 saturated carbocycles. The topological polar surface area (TPSA) is 52.3 Å². The number of Topliss-reactive ketones (excluding diaryl/α,β-unsaturated/α-hetero) is 1. The number of ether oxygens (including phenoxy) is 1. The Hall–Kier alpha value is -1.19. The molecule has 2 N–H and O–H groups in total. The second-order valence-corrected chi connectivity index (χ2v) is 4.72. The molecule has 0 aliphatic heterocycles. The van der Waals surface area contributed by atoms with E-state index in [0.717, 1.165) is 6.42 Å². The average Bonchev–Trinajstić information content (AvgIpc) is 2.28. The number of ketones is 1. The van der Waals surface area contributed by atoms with Crippen LogP contribution >= 0.6 is 0 Å². The van der Waals surface area contributed by atoms with Crippen LogP contribution in [0.15, 0.2) is 24.3 Å². The molecule has 0 radical (unpaired) electrons. The van der Waals surface area contributed by atoms with Crippen LogP contribution in [0, 0.1) is 5.92 Å². The molecular weight excluding hydrogens is 214 g/mol. The van der Waals surface area contributed by atoms with Crippen molar-refractivity contribution in [1.82, 2.24) is 0 Å². The first-order valence-electron chi connectivity index (χ1n) is 5.92. The summed E-state index contributed by atoms with van der Waals surface area (Å²) in [5.41, 5.74) is 7.59. The maximum absolute atomic E-state index is 12.0. The van der Waals surface area contributed by atoms with E-state index in [2.05, 4.69) is 13.8 Å². The van der Waals surface area contributed by atoms with E-state index in [0.29, 0.717) is 11.5 Å². The predicted molar refractivity (Wildman–Crippen MR) is 69.2 cm³/mol. The Balaban J connectivity index is 2.80. The van der Waals surface area contributed by atoms with Crippen LogP contribution in [-0.2, 0) is 11.2 Å². The van der Waals surface area contributed by atoms with Crippen molar-refractivity contribution in [3.05, 3.63) is 35.4 Å². The van der Waals surface area contributed by atoms with Crippen LogP contribution in [0.2, 0.25) is 0 Å². The van der Waals surface area contributed by atoms with Crippen LogP contribution in [0.25, 0.3) is 0 Å². The van der Waals surface area contributed by atoms with Gasteiger partial charge in [0.05, 0.1) is 12.6 Å². The van der Waals surface area contributed by atoms with E-state index < -0.39 is 6.04 Å². The lowest BCUT2D eigenvalue weighted by atomic mass is 9.98. The van der Waals surface area contributed by atoms with Crippen LogP contribution in [0.3, 0.4) is 0 Å². The van der Waals surface area contributed by atoms with E-state index >= 15 is 0 Å². The third kappa shape index (κ3) is 4.29. The molecule has 0 saturated heterocycles. The summed E-state index contributed by atoms with van der Waals surface area (Å²) in [5, 5.41) is 0. The first-order valence-corrected chi connectivity index (χ1v) is 5.92. The summed E-state index contributed by atoms with van der Waals surface area (Å²) in [6.45, 7) is 4.57. The van der Waals surface area contributed by atoms with E-state index in [1.54, 1.807) is 7.11 Å². The van der Waals surface area contributed by atoms with Crippen molar-refractivity contribution in [1.29, 1.82) is 0 Å². The van der Waals surface area contributed by atoms with Crippen LogP contribution in [-0.4, -0.2) is 25.5 Å². The number of nitrogens with two attached hydrogens (primary N) is 1. The molecule has 0 aliphatic rings. The number of hydrogen-bond donors (Lipinski definition) is 1. The number of hydrogen-bond acceptors (Lipinski definition) is 3. The largest absolute Gasteiger partial charge is 0.383 e. The molecule has 1 aromatic rings. The maximum atomic E-state index is 12.0. The van der Waals surface area contributed by atoms with E-state index in [1.165, 1.54) is 5.56 Å². The van der Waals surface area contributed by atoms with E-state index in [4.69, 9.17) is 10.5 Å². The van der Waals surface area contributed by atoms with Crippen molar-refractivity contribution in [2.24, 2.45) is 11.7 Å². The second kappa shape index (κ2) is 6.52. The summed E-state index contributed by atoms with van der Waals surface area (Å²) in [5.74, 6) is 0.519. The van der Waals surface area contributed by atoms with Crippen molar-refractivity contribution < 1.29 is 9.53 Å². The fourth-order valence-corrected chi connectivity index (χ4v) is 1.79. The smallest absolute Gasteiger partial charge is 0.181 e. The van der Waals surface area contributed by atoms with E-state index in [9.17, 15) is 4.79 Å². The van der Waals surface area contributed by atoms with Gasteiger partial charge in [0.15, 0.2) is 5.78 Å². The zero-order valence-corrected chi connectivity index (χ0v) is 10.8. The molecule has 0 amide bonds. The number of carbonyl (C=O) groups is 1. The van der Waals surface area contributed by atoms with Gasteiger partial charge in [-0.1, -0.05) is 32.0 Å². The summed E-state index contributed by atoms with van der Waals surface area (Å²) in [4.78, 5) is 12.0. The van der Waals surface area contributed by atoms with Gasteiger partial charge in [0.25, 0.3) is 0 Å². The van der Waals surface area contributed by atoms with Gasteiger partial charge in [-0.3, -0.25) is 4.79 Å². The molecule has 3 nitrogen and oxygen atoms in total. The molecule has 1 atom stereocenters. The molecule has 0 spiro atoms. The number of benzene rings is 1. The van der Waals surface area contributed by atoms with Crippen LogP contribution < -0.4 is 5.73 Å². The quantitative estimate of drug-likeness (QED) is 0.768. The lowest BCUT2D eigenvalue weighted by Crippen LogP contribution is -2.34. The number of rotatable bonds is 6. The second-order valence-electron chi connectivity index (χ2n) is 4.72. The highest BCUT2D eigenvalue weighted by Crippen LogP contribution is 2.12. The van der Waals surface area contributed by atoms with E-state index in [-0.39, 0.29) is 12.4 Å². The fourth-order valence-electron chi connectivity index (χ4n) is 1.79. The highest BCUT2D eigenvalue weighted by Gasteiger charge is 2.15. The van der Waals surface area contributed by atoms with Gasteiger partial charge in [-0.05, 0) is 24.0 Å². The Morgan fingerprint density at radius 2 is 2.12 bits per heavy atom. The predicted octanol–water partition coefficient (Wildman–Crippen LogP) is 2.04. The van der Waals surface area contributed by atoms with Crippen molar-refractivity contribution in [2.45, 2.75) is 26.3 Å². The van der Waals surface area contributed by atoms with Crippen LogP contribution in [0.5, 0.6) is 0 Å². The first-order chi connectivity index (χ1) is 8.04. The molecule has 0 heterocycles. The molecule has 0 aliphatic carbocycles. The lowest BCUT2D eigenvalue weighted by Gasteiger charge is -2.11. The molecule has 3 heteroatoms. The minimum absolute atomic E-state index is 0.0579. The standard InChI is InChI=1S/C14H21NO2/c1-10(2)7-11-5-4-6-12(8-11)14(16)13(15)9-17-3/h4-6,8,10,13H,7,9,15H2,1-3H3. The van der Waals surface area contributed by atoms with Gasteiger partial charge in [0.1, 0.15) is 0 Å². The van der Waals surface area contributed by atoms with Gasteiger partial charge in [-0.15, -0.1) is 0 Å². The Bertz CT molecular complexity index is 374. The minimum Gasteiger partial charge on any atom is -0.383 e. The third-order valence-corrected chi connectivity index (χ3v) is 2.54. The van der Waals surface area contributed by atoms with Crippen molar-refractivity contribution >= 4 is 5.78 Å². The van der Waals surface area contributed by atoms with Gasteiger partial charge < -0.3 is 10.5 Å². The highest BCUT2D eigenvalue weighted by molar-refractivity contribution is 6.00. The molecule has 1 aromatic carbocycles. The number of carbonyl (C=O) groups excluding carboxylic acids is 1. The van der Waals surface area contributed by atoms with Crippen LogP contribution in [0.1, 0.15) is 29.8 Å². The van der Waals surface area contributed by atoms with Gasteiger partial charge in [-0.2, -0.15) is 0 Å². The Morgan fingerprint density at radius 3 is 2.71 bits per heavy atom. The maximum Gasteiger partial charge on any atom is 0.181 e. The fraction of sp³-hybridized carbons (Fsp3) is 0.500. The van der Waals surface area contributed by atoms with Crippen LogP contribution in [0.4, 0.5) is 0 Å². The van der Waals surface area contributed by atoms with Crippen molar-refractivity contribution in [3.63, 3.8) is 0 Å². The molecule has 0 fully saturated rings. The van der Waals surface area contributed by atoms with Gasteiger partial charge >= 0.3 is 0 Å². The molecular formula is C14H21NO2. The van der Waals surface area contributed by atoms with Gasteiger partial charge in [0, 0.05) is 12.7 Å². The van der Waals surface area contributed by atoms with Gasteiger partial charge in [0.2, 0.25) is 0 Å². The SMILES string of the molecule is COCC(N)C(=O)c1cccc(CC(C)C)c1. The Labute approximate surface area is 103 Å². The normalized spacial score (nSPS) is 12.8. The Morgan fingerprint density at radius 1 is 1.41 bits per heavy atom. The monoisotopic (exact) mass is 235 g/mol. The van der Waals surface area contributed by atoms with E-state index in [1.807, 2.05) is 24.3 Å². The van der Waals surface area contributed by atoms with Crippen molar-refractivity contribution in [2.75, 3.05) is 13.7 Å². The zero-order valence-electron chi connectivity index (χ0n) is 10.8. The molecule has 1 rings (SSSR count). The summed E-state index contributed by atoms with van der Waals surface area (Å²) >= 11 is 0. The van der Waals surface area contributed by atoms with Gasteiger partial charge in [-0.25, -0.2) is 0 Å². The molecule has 94 valence electrons. The molecule has 0 aromatic heterocycles. The zero-order chi connectivity index (χ0) is 12.8. The molecule has 17 heavy (non-hydrogen) atoms. The lowest BCUT2D eigenvalue weighted by molar-refractivity contribution is 0.0892. The average molecular weight is 235 g/mol. The molecule has 0 bridgehead atoms. The minimum atomic E-state index is -0.575. The summed E-state index contributed by atoms with van der Waals surface area (Å²) in [6.07, 6.45) is 0.973. The van der Waals surface area contributed by atoms with Crippen molar-refractivity contribution in [3.8, 4) is 0 Å². The third-order valence-electron chi connectivity index (χ3n) is 2.54. The molecule has 1 unspecified atom stereocenters. The summed E-state index contributed by atoms with van der Waals surface area (Å²) in [7, 11) is 1.54. The number of methoxy groups -OCH3 is 1. The Kier molecular flexibility index (Phi) is 5.32. The summed E-state index contributed by atoms with van der Waals surface area (Å²) < 4.78 is 4.90. The first kappa shape index (κ1) is 13.9. The summed E-state index contributed by atoms with van der Waals surface area (Å²) in [6, 6.07) is 7.11.